The molecule has 1 aliphatic carbocycles. The van der Waals surface area contributed by atoms with E-state index in [1.165, 1.54) is 43.4 Å². The molecule has 3 rings (SSSR count). The second-order valence-corrected chi connectivity index (χ2v) is 6.80. The second-order valence-electron chi connectivity index (χ2n) is 4.91. The zero-order valence-corrected chi connectivity index (χ0v) is 10.2. The summed E-state index contributed by atoms with van der Waals surface area (Å²) in [5.41, 5.74) is 0.690. The van der Waals surface area contributed by atoms with E-state index < -0.39 is 0 Å². The minimum absolute atomic E-state index is 0.690. The number of fused-ring (bicyclic) bond motifs is 2. The highest BCUT2D eigenvalue weighted by molar-refractivity contribution is 9.09. The molecule has 3 fully saturated rings. The molecule has 0 aromatic rings. The van der Waals surface area contributed by atoms with E-state index in [1.54, 1.807) is 0 Å². The minimum atomic E-state index is 0.690. The Balaban J connectivity index is 1.62. The maximum atomic E-state index is 3.66. The van der Waals surface area contributed by atoms with E-state index in [0.29, 0.717) is 5.41 Å². The Kier molecular flexibility index (Phi) is 2.19. The Morgan fingerprint density at radius 3 is 2.77 bits per heavy atom. The Bertz CT molecular complexity index is 217. The van der Waals surface area contributed by atoms with Gasteiger partial charge >= 0.3 is 0 Å². The van der Waals surface area contributed by atoms with Crippen LogP contribution in [0.2, 0.25) is 0 Å². The van der Waals surface area contributed by atoms with Gasteiger partial charge in [-0.3, -0.25) is 4.90 Å². The lowest BCUT2D eigenvalue weighted by molar-refractivity contribution is 0.226. The van der Waals surface area contributed by atoms with Gasteiger partial charge in [0.2, 0.25) is 0 Å². The Labute approximate surface area is 92.8 Å². The van der Waals surface area contributed by atoms with Gasteiger partial charge in [-0.2, -0.15) is 11.8 Å². The topological polar surface area (TPSA) is 3.24 Å². The van der Waals surface area contributed by atoms with Gasteiger partial charge in [0.25, 0.3) is 0 Å². The maximum absolute atomic E-state index is 3.66. The molecule has 0 radical (unpaired) electrons. The smallest absolute Gasteiger partial charge is 0.0198 e. The van der Waals surface area contributed by atoms with Crippen molar-refractivity contribution in [3.8, 4) is 0 Å². The van der Waals surface area contributed by atoms with Crippen molar-refractivity contribution in [2.75, 3.05) is 24.2 Å². The molecule has 0 aromatic heterocycles. The molecule has 0 aromatic carbocycles. The van der Waals surface area contributed by atoms with Crippen LogP contribution in [0.25, 0.3) is 0 Å². The SMILES string of the molecule is BrCC1(CN2CC3CC2CS3)CC1. The fraction of sp³-hybridized carbons (Fsp3) is 1.00. The first-order valence-electron chi connectivity index (χ1n) is 5.23. The van der Waals surface area contributed by atoms with Crippen LogP contribution in [-0.4, -0.2) is 40.4 Å². The number of halogens is 1. The quantitative estimate of drug-likeness (QED) is 0.718. The average Bonchev–Trinajstić information content (AvgIpc) is 2.62. The van der Waals surface area contributed by atoms with Crippen LogP contribution in [-0.2, 0) is 0 Å². The van der Waals surface area contributed by atoms with Crippen molar-refractivity contribution >= 4 is 27.7 Å². The molecule has 2 unspecified atom stereocenters. The Morgan fingerprint density at radius 2 is 2.31 bits per heavy atom. The second kappa shape index (κ2) is 3.14. The van der Waals surface area contributed by atoms with E-state index in [1.807, 2.05) is 0 Å². The van der Waals surface area contributed by atoms with Gasteiger partial charge in [-0.1, -0.05) is 15.9 Å². The molecule has 0 N–H and O–H groups in total. The van der Waals surface area contributed by atoms with Crippen molar-refractivity contribution in [3.63, 3.8) is 0 Å². The molecule has 2 bridgehead atoms. The lowest BCUT2D eigenvalue weighted by atomic mass is 10.1. The summed E-state index contributed by atoms with van der Waals surface area (Å²) in [5.74, 6) is 1.41. The van der Waals surface area contributed by atoms with E-state index >= 15 is 0 Å². The van der Waals surface area contributed by atoms with Gasteiger partial charge in [0, 0.05) is 35.5 Å². The summed E-state index contributed by atoms with van der Waals surface area (Å²) in [4.78, 5) is 2.76. The van der Waals surface area contributed by atoms with Gasteiger partial charge in [0.05, 0.1) is 0 Å². The molecule has 74 valence electrons. The van der Waals surface area contributed by atoms with E-state index in [4.69, 9.17) is 0 Å². The molecule has 2 heterocycles. The third-order valence-electron chi connectivity index (χ3n) is 3.79. The number of nitrogens with zero attached hydrogens (tertiary/aromatic N) is 1. The van der Waals surface area contributed by atoms with Crippen LogP contribution < -0.4 is 0 Å². The first-order valence-corrected chi connectivity index (χ1v) is 7.40. The van der Waals surface area contributed by atoms with Crippen molar-refractivity contribution < 1.29 is 0 Å². The molecule has 0 amide bonds. The largest absolute Gasteiger partial charge is 0.298 e. The van der Waals surface area contributed by atoms with Gasteiger partial charge in [0.15, 0.2) is 0 Å². The molecule has 2 saturated heterocycles. The summed E-state index contributed by atoms with van der Waals surface area (Å²) in [6, 6.07) is 0.937. The number of alkyl halides is 1. The first kappa shape index (κ1) is 9.05. The molecule has 13 heavy (non-hydrogen) atoms. The number of hydrogen-bond donors (Lipinski definition) is 0. The molecule has 2 aliphatic heterocycles. The van der Waals surface area contributed by atoms with Gasteiger partial charge < -0.3 is 0 Å². The first-order chi connectivity index (χ1) is 6.31. The summed E-state index contributed by atoms with van der Waals surface area (Å²) in [7, 11) is 0. The molecule has 1 saturated carbocycles. The number of hydrogen-bond acceptors (Lipinski definition) is 2. The standard InChI is InChI=1S/C10H16BrNS/c11-6-10(1-2-10)7-12-4-9-3-8(12)5-13-9/h8-9H,1-7H2. The molecular formula is C10H16BrNS. The van der Waals surface area contributed by atoms with E-state index in [9.17, 15) is 0 Å². The minimum Gasteiger partial charge on any atom is -0.298 e. The van der Waals surface area contributed by atoms with Crippen molar-refractivity contribution in [3.05, 3.63) is 0 Å². The molecule has 3 aliphatic rings. The maximum Gasteiger partial charge on any atom is 0.0198 e. The predicted octanol–water partition coefficient (Wildman–Crippen LogP) is 2.35. The summed E-state index contributed by atoms with van der Waals surface area (Å²) in [6.45, 7) is 2.75. The fourth-order valence-corrected chi connectivity index (χ4v) is 4.85. The highest BCUT2D eigenvalue weighted by atomic mass is 79.9. The predicted molar refractivity (Wildman–Crippen MR) is 61.7 cm³/mol. The van der Waals surface area contributed by atoms with Crippen LogP contribution in [0.4, 0.5) is 0 Å². The number of thioether (sulfide) groups is 1. The van der Waals surface area contributed by atoms with Crippen molar-refractivity contribution in [1.29, 1.82) is 0 Å². The lowest BCUT2D eigenvalue weighted by Gasteiger charge is -2.29. The molecule has 2 atom stereocenters. The zero-order chi connectivity index (χ0) is 8.89. The third-order valence-corrected chi connectivity index (χ3v) is 6.37. The zero-order valence-electron chi connectivity index (χ0n) is 7.84. The average molecular weight is 262 g/mol. The number of rotatable bonds is 3. The normalized spacial score (nSPS) is 41.3. The van der Waals surface area contributed by atoms with E-state index in [-0.39, 0.29) is 0 Å². The summed E-state index contributed by atoms with van der Waals surface area (Å²) < 4.78 is 0. The van der Waals surface area contributed by atoms with E-state index in [2.05, 4.69) is 32.6 Å². The lowest BCUT2D eigenvalue weighted by Crippen LogP contribution is -2.38. The van der Waals surface area contributed by atoms with Gasteiger partial charge in [0.1, 0.15) is 0 Å². The van der Waals surface area contributed by atoms with E-state index in [0.717, 1.165) is 11.3 Å². The molecule has 1 nitrogen and oxygen atoms in total. The monoisotopic (exact) mass is 261 g/mol. The Hall–Kier alpha value is 0.790. The van der Waals surface area contributed by atoms with Gasteiger partial charge in [-0.25, -0.2) is 0 Å². The highest BCUT2D eigenvalue weighted by Gasteiger charge is 2.47. The molecule has 3 heteroatoms. The van der Waals surface area contributed by atoms with Crippen LogP contribution in [0, 0.1) is 5.41 Å². The number of likely N-dealkylation sites (tertiary alicyclic amines) is 1. The van der Waals surface area contributed by atoms with Crippen LogP contribution in [0.1, 0.15) is 19.3 Å². The third kappa shape index (κ3) is 1.57. The fourth-order valence-electron chi connectivity index (χ4n) is 2.61. The van der Waals surface area contributed by atoms with Crippen molar-refractivity contribution in [1.82, 2.24) is 4.90 Å². The van der Waals surface area contributed by atoms with Crippen molar-refractivity contribution in [2.45, 2.75) is 30.6 Å². The van der Waals surface area contributed by atoms with Crippen LogP contribution >= 0.6 is 27.7 Å². The highest BCUT2D eigenvalue weighted by Crippen LogP contribution is 2.50. The van der Waals surface area contributed by atoms with Gasteiger partial charge in [-0.15, -0.1) is 0 Å². The Morgan fingerprint density at radius 1 is 1.46 bits per heavy atom. The van der Waals surface area contributed by atoms with Crippen LogP contribution in [0.5, 0.6) is 0 Å². The van der Waals surface area contributed by atoms with Crippen LogP contribution in [0.3, 0.4) is 0 Å². The molecule has 0 spiro atoms. The summed E-state index contributed by atoms with van der Waals surface area (Å²) in [6.07, 6.45) is 4.39. The van der Waals surface area contributed by atoms with Crippen LogP contribution in [0.15, 0.2) is 0 Å². The molecular weight excluding hydrogens is 246 g/mol. The summed E-state index contributed by atoms with van der Waals surface area (Å²) in [5, 5.41) is 2.21. The van der Waals surface area contributed by atoms with Crippen molar-refractivity contribution in [2.24, 2.45) is 5.41 Å². The summed E-state index contributed by atoms with van der Waals surface area (Å²) >= 11 is 5.86. The van der Waals surface area contributed by atoms with Gasteiger partial charge in [-0.05, 0) is 24.7 Å².